The molecule has 3 aliphatic carbocycles. The normalized spacial score (nSPS) is 27.9. The zero-order chi connectivity index (χ0) is 24.4. The Morgan fingerprint density at radius 3 is 2.34 bits per heavy atom. The molecule has 174 valence electrons. The number of allylic oxidation sites excluding steroid dienone is 6. The average molecular weight is 466 g/mol. The molecule has 1 fully saturated rings. The number of nitrogens with zero attached hydrogens (tertiary/aromatic N) is 1. The van der Waals surface area contributed by atoms with E-state index in [1.165, 1.54) is 11.0 Å². The smallest absolute Gasteiger partial charge is 0.238 e. The van der Waals surface area contributed by atoms with Crippen LogP contribution in [-0.2, 0) is 19.2 Å². The fraction of sp³-hybridized carbons (Fsp3) is 0.241. The van der Waals surface area contributed by atoms with E-state index in [0.29, 0.717) is 34.4 Å². The first-order valence-corrected chi connectivity index (χ1v) is 11.8. The summed E-state index contributed by atoms with van der Waals surface area (Å²) in [4.78, 5) is 54.8. The van der Waals surface area contributed by atoms with Crippen molar-refractivity contribution >= 4 is 29.1 Å². The number of phenolic OH excluding ortho intramolecular Hbond substituents is 1. The van der Waals surface area contributed by atoms with Gasteiger partial charge in [0.1, 0.15) is 5.75 Å². The van der Waals surface area contributed by atoms with E-state index in [2.05, 4.69) is 0 Å². The molecule has 6 heteroatoms. The topological polar surface area (TPSA) is 91.8 Å². The lowest BCUT2D eigenvalue weighted by Gasteiger charge is -2.42. The number of carbonyl (C=O) groups excluding carboxylic acids is 4. The number of anilines is 1. The molecule has 2 aromatic carbocycles. The molecule has 0 saturated carbocycles. The molecule has 4 unspecified atom stereocenters. The minimum atomic E-state index is -0.639. The summed E-state index contributed by atoms with van der Waals surface area (Å²) < 4.78 is 0. The summed E-state index contributed by atoms with van der Waals surface area (Å²) in [6, 6.07) is 15.7. The molecule has 1 saturated heterocycles. The third kappa shape index (κ3) is 3.02. The second kappa shape index (κ2) is 7.73. The second-order valence-electron chi connectivity index (χ2n) is 9.63. The van der Waals surface area contributed by atoms with Gasteiger partial charge in [0.2, 0.25) is 11.8 Å². The molecule has 2 amide bonds. The first-order chi connectivity index (χ1) is 16.9. The van der Waals surface area contributed by atoms with E-state index in [1.807, 2.05) is 12.1 Å². The molecule has 0 bridgehead atoms. The predicted molar refractivity (Wildman–Crippen MR) is 128 cm³/mol. The number of benzene rings is 2. The van der Waals surface area contributed by atoms with Crippen LogP contribution in [0.2, 0.25) is 0 Å². The molecule has 0 aromatic heterocycles. The third-order valence-electron chi connectivity index (χ3n) is 7.83. The Bertz CT molecular complexity index is 1410. The van der Waals surface area contributed by atoms with Crippen LogP contribution >= 0.6 is 0 Å². The Kier molecular flexibility index (Phi) is 4.74. The molecule has 1 N–H and O–H groups in total. The van der Waals surface area contributed by atoms with Crippen LogP contribution in [0, 0.1) is 17.8 Å². The van der Waals surface area contributed by atoms with Gasteiger partial charge in [0.25, 0.3) is 0 Å². The van der Waals surface area contributed by atoms with Crippen LogP contribution in [0.5, 0.6) is 5.75 Å². The number of aromatic hydroxyl groups is 1. The number of hydrogen-bond donors (Lipinski definition) is 1. The lowest BCUT2D eigenvalue weighted by atomic mass is 9.59. The van der Waals surface area contributed by atoms with Crippen LogP contribution in [0.4, 0.5) is 5.69 Å². The Hall–Kier alpha value is -4.06. The van der Waals surface area contributed by atoms with Crippen LogP contribution in [-0.4, -0.2) is 28.5 Å². The largest absolute Gasteiger partial charge is 0.508 e. The van der Waals surface area contributed by atoms with E-state index in [0.717, 1.165) is 5.57 Å². The number of phenols is 1. The molecule has 2 aromatic rings. The molecular weight excluding hydrogens is 442 g/mol. The average Bonchev–Trinajstić information content (AvgIpc) is 3.12. The molecule has 6 rings (SSSR count). The summed E-state index contributed by atoms with van der Waals surface area (Å²) in [5.41, 5.74) is 3.03. The van der Waals surface area contributed by atoms with E-state index in [9.17, 15) is 24.3 Å². The predicted octanol–water partition coefficient (Wildman–Crippen LogP) is 4.03. The van der Waals surface area contributed by atoms with E-state index < -0.39 is 23.7 Å². The summed E-state index contributed by atoms with van der Waals surface area (Å²) in [6.45, 7) is 1.63. The van der Waals surface area contributed by atoms with E-state index >= 15 is 0 Å². The monoisotopic (exact) mass is 465 g/mol. The van der Waals surface area contributed by atoms with Crippen LogP contribution in [0.3, 0.4) is 0 Å². The van der Waals surface area contributed by atoms with Crippen molar-refractivity contribution < 1.29 is 24.3 Å². The Labute approximate surface area is 202 Å². The molecular formula is C29H23NO5. The molecule has 0 radical (unpaired) electrons. The molecule has 6 nitrogen and oxygen atoms in total. The van der Waals surface area contributed by atoms with Crippen molar-refractivity contribution in [3.05, 3.63) is 94.6 Å². The van der Waals surface area contributed by atoms with E-state index in [-0.39, 0.29) is 35.6 Å². The number of fused-ring (bicyclic) bond motifs is 3. The van der Waals surface area contributed by atoms with Crippen LogP contribution < -0.4 is 4.90 Å². The van der Waals surface area contributed by atoms with Gasteiger partial charge in [0.05, 0.1) is 17.5 Å². The highest BCUT2D eigenvalue weighted by Gasteiger charge is 2.56. The minimum Gasteiger partial charge on any atom is -0.508 e. The van der Waals surface area contributed by atoms with Crippen molar-refractivity contribution in [1.82, 2.24) is 0 Å². The molecule has 4 atom stereocenters. The SMILES string of the molecule is CC1=CC(=O)C2=C(C1=O)C(c1ccccc1O)C1=CCC3C(=O)N(c4ccccc4)C(=O)C3C1C2. The highest BCUT2D eigenvalue weighted by atomic mass is 16.3. The summed E-state index contributed by atoms with van der Waals surface area (Å²) >= 11 is 0. The number of ketones is 2. The Morgan fingerprint density at radius 1 is 0.886 bits per heavy atom. The molecule has 1 aliphatic heterocycles. The second-order valence-corrected chi connectivity index (χ2v) is 9.63. The van der Waals surface area contributed by atoms with Crippen molar-refractivity contribution in [2.45, 2.75) is 25.7 Å². The first-order valence-electron chi connectivity index (χ1n) is 11.8. The highest BCUT2D eigenvalue weighted by Crippen LogP contribution is 2.56. The van der Waals surface area contributed by atoms with Crippen LogP contribution in [0.1, 0.15) is 31.2 Å². The summed E-state index contributed by atoms with van der Waals surface area (Å²) in [6.07, 6.45) is 3.91. The van der Waals surface area contributed by atoms with Crippen molar-refractivity contribution in [1.29, 1.82) is 0 Å². The van der Waals surface area contributed by atoms with Gasteiger partial charge in [0.15, 0.2) is 11.6 Å². The third-order valence-corrected chi connectivity index (χ3v) is 7.83. The minimum absolute atomic E-state index is 0.0280. The number of Topliss-reactive ketones (excluding diaryl/α,β-unsaturated/α-hetero) is 1. The molecule has 4 aliphatic rings. The van der Waals surface area contributed by atoms with Crippen molar-refractivity contribution in [2.75, 3.05) is 4.90 Å². The summed E-state index contributed by atoms with van der Waals surface area (Å²) in [5.74, 6) is -3.13. The van der Waals surface area contributed by atoms with Gasteiger partial charge >= 0.3 is 0 Å². The van der Waals surface area contributed by atoms with Crippen molar-refractivity contribution in [3.63, 3.8) is 0 Å². The van der Waals surface area contributed by atoms with Crippen molar-refractivity contribution in [3.8, 4) is 5.75 Å². The Morgan fingerprint density at radius 2 is 1.60 bits per heavy atom. The van der Waals surface area contributed by atoms with Gasteiger partial charge in [-0.2, -0.15) is 0 Å². The lowest BCUT2D eigenvalue weighted by molar-refractivity contribution is -0.123. The first kappa shape index (κ1) is 21.5. The summed E-state index contributed by atoms with van der Waals surface area (Å²) in [5, 5.41) is 10.7. The zero-order valence-electron chi connectivity index (χ0n) is 19.1. The van der Waals surface area contributed by atoms with E-state index in [1.54, 1.807) is 55.5 Å². The van der Waals surface area contributed by atoms with Crippen LogP contribution in [0.25, 0.3) is 0 Å². The maximum absolute atomic E-state index is 13.7. The Balaban J connectivity index is 1.51. The van der Waals surface area contributed by atoms with Gasteiger partial charge in [-0.3, -0.25) is 24.1 Å². The summed E-state index contributed by atoms with van der Waals surface area (Å²) in [7, 11) is 0. The maximum atomic E-state index is 13.7. The number of carbonyl (C=O) groups is 4. The number of amides is 2. The quantitative estimate of drug-likeness (QED) is 0.411. The fourth-order valence-corrected chi connectivity index (χ4v) is 6.28. The number of imide groups is 1. The van der Waals surface area contributed by atoms with Crippen molar-refractivity contribution in [2.24, 2.45) is 17.8 Å². The van der Waals surface area contributed by atoms with Crippen LogP contribution in [0.15, 0.2) is 89.0 Å². The zero-order valence-corrected chi connectivity index (χ0v) is 19.1. The highest BCUT2D eigenvalue weighted by molar-refractivity contribution is 6.25. The fourth-order valence-electron chi connectivity index (χ4n) is 6.28. The van der Waals surface area contributed by atoms with Gasteiger partial charge in [-0.25, -0.2) is 0 Å². The molecule has 35 heavy (non-hydrogen) atoms. The maximum Gasteiger partial charge on any atom is 0.238 e. The van der Waals surface area contributed by atoms with Gasteiger partial charge in [0, 0.05) is 28.2 Å². The van der Waals surface area contributed by atoms with Gasteiger partial charge in [-0.15, -0.1) is 0 Å². The van der Waals surface area contributed by atoms with Gasteiger partial charge < -0.3 is 5.11 Å². The van der Waals surface area contributed by atoms with Gasteiger partial charge in [-0.1, -0.05) is 48.0 Å². The standard InChI is InChI=1S/C29H23NO5/c1-15-13-23(32)21-14-20-17(24(26(21)27(15)33)18-9-5-6-10-22(18)31)11-12-19-25(20)29(35)30(28(19)34)16-7-3-2-4-8-16/h2-11,13,19-20,24-25,31H,12,14H2,1H3. The number of para-hydroxylation sites is 2. The number of hydrogen-bond acceptors (Lipinski definition) is 5. The molecule has 1 heterocycles. The number of rotatable bonds is 2. The van der Waals surface area contributed by atoms with E-state index in [4.69, 9.17) is 0 Å². The van der Waals surface area contributed by atoms with Gasteiger partial charge in [-0.05, 0) is 50.0 Å². The lowest BCUT2D eigenvalue weighted by Crippen LogP contribution is -2.39. The molecule has 0 spiro atoms.